The lowest BCUT2D eigenvalue weighted by Crippen LogP contribution is -2.54. The molecule has 2 N–H and O–H groups in total. The van der Waals surface area contributed by atoms with Crippen LogP contribution in [-0.4, -0.2) is 22.5 Å². The van der Waals surface area contributed by atoms with Gasteiger partial charge in [0.05, 0.1) is 10.6 Å². The second-order valence-electron chi connectivity index (χ2n) is 4.99. The van der Waals surface area contributed by atoms with Crippen LogP contribution in [0.4, 0.5) is 0 Å². The Hall–Kier alpha value is -0.530. The predicted molar refractivity (Wildman–Crippen MR) is 85.4 cm³/mol. The number of benzene rings is 1. The van der Waals surface area contributed by atoms with Gasteiger partial charge in [-0.1, -0.05) is 23.2 Å². The first-order valence-electron chi connectivity index (χ1n) is 5.96. The number of rotatable bonds is 4. The summed E-state index contributed by atoms with van der Waals surface area (Å²) in [5, 5.41) is 12.7. The Morgan fingerprint density at radius 1 is 1.40 bits per heavy atom. The lowest BCUT2D eigenvalue weighted by atomic mass is 9.95. The van der Waals surface area contributed by atoms with Crippen molar-refractivity contribution in [2.75, 3.05) is 0 Å². The fourth-order valence-corrected chi connectivity index (χ4v) is 3.06. The summed E-state index contributed by atoms with van der Waals surface area (Å²) in [6.07, 6.45) is 1.60. The number of nitrogens with one attached hydrogen (secondary N) is 1. The van der Waals surface area contributed by atoms with E-state index in [-0.39, 0.29) is 11.5 Å². The van der Waals surface area contributed by atoms with Crippen molar-refractivity contribution in [3.63, 3.8) is 0 Å². The standard InChI is InChI=1S/C13H12Cl2INO3/c1-13(12(19)20,6-2-3-6)17-11(18)8-4-7(14)5-9(15)10(8)16/h4-6H,2-3H2,1H3,(H,17,18)(H,19,20). The van der Waals surface area contributed by atoms with Crippen LogP contribution in [0.15, 0.2) is 12.1 Å². The number of amides is 1. The zero-order valence-corrected chi connectivity index (χ0v) is 14.2. The van der Waals surface area contributed by atoms with E-state index in [1.165, 1.54) is 13.0 Å². The molecule has 0 saturated heterocycles. The van der Waals surface area contributed by atoms with E-state index in [4.69, 9.17) is 23.2 Å². The molecule has 0 aromatic heterocycles. The third kappa shape index (κ3) is 3.04. The first-order valence-corrected chi connectivity index (χ1v) is 7.79. The van der Waals surface area contributed by atoms with Crippen LogP contribution in [0.1, 0.15) is 30.1 Å². The minimum atomic E-state index is -1.26. The summed E-state index contributed by atoms with van der Waals surface area (Å²) >= 11 is 13.8. The number of hydrogen-bond donors (Lipinski definition) is 2. The van der Waals surface area contributed by atoms with Crippen LogP contribution in [0, 0.1) is 9.49 Å². The molecule has 1 fully saturated rings. The molecule has 1 atom stereocenters. The van der Waals surface area contributed by atoms with Crippen molar-refractivity contribution in [1.29, 1.82) is 0 Å². The molecule has 7 heteroatoms. The highest BCUT2D eigenvalue weighted by Gasteiger charge is 2.48. The van der Waals surface area contributed by atoms with Gasteiger partial charge < -0.3 is 10.4 Å². The predicted octanol–water partition coefficient (Wildman–Crippen LogP) is 3.58. The summed E-state index contributed by atoms with van der Waals surface area (Å²) in [5.41, 5.74) is -0.967. The number of hydrogen-bond acceptors (Lipinski definition) is 2. The third-order valence-electron chi connectivity index (χ3n) is 3.45. The van der Waals surface area contributed by atoms with E-state index in [1.54, 1.807) is 6.07 Å². The molecule has 1 aliphatic carbocycles. The lowest BCUT2D eigenvalue weighted by molar-refractivity contribution is -0.144. The van der Waals surface area contributed by atoms with E-state index >= 15 is 0 Å². The number of carbonyl (C=O) groups excluding carboxylic acids is 1. The van der Waals surface area contributed by atoms with E-state index in [0.29, 0.717) is 13.6 Å². The second-order valence-corrected chi connectivity index (χ2v) is 6.91. The maximum Gasteiger partial charge on any atom is 0.329 e. The van der Waals surface area contributed by atoms with Gasteiger partial charge in [-0.25, -0.2) is 4.79 Å². The largest absolute Gasteiger partial charge is 0.480 e. The number of carbonyl (C=O) groups is 2. The molecule has 1 aromatic rings. The summed E-state index contributed by atoms with van der Waals surface area (Å²) in [6.45, 7) is 1.53. The highest BCUT2D eigenvalue weighted by molar-refractivity contribution is 14.1. The number of aliphatic carboxylic acids is 1. The Morgan fingerprint density at radius 2 is 2.00 bits per heavy atom. The molecule has 1 amide bonds. The monoisotopic (exact) mass is 427 g/mol. The van der Waals surface area contributed by atoms with Crippen LogP contribution >= 0.6 is 45.8 Å². The maximum atomic E-state index is 12.3. The van der Waals surface area contributed by atoms with E-state index in [9.17, 15) is 14.7 Å². The quantitative estimate of drug-likeness (QED) is 0.570. The molecular weight excluding hydrogens is 416 g/mol. The van der Waals surface area contributed by atoms with Crippen LogP contribution in [0.25, 0.3) is 0 Å². The van der Waals surface area contributed by atoms with Crippen molar-refractivity contribution in [3.8, 4) is 0 Å². The Kier molecular flexibility index (Phi) is 4.51. The highest BCUT2D eigenvalue weighted by Crippen LogP contribution is 2.40. The summed E-state index contributed by atoms with van der Waals surface area (Å²) in [6, 6.07) is 3.03. The van der Waals surface area contributed by atoms with E-state index in [1.807, 2.05) is 22.6 Å². The summed E-state index contributed by atoms with van der Waals surface area (Å²) in [5.74, 6) is -1.54. The smallest absolute Gasteiger partial charge is 0.329 e. The molecule has 0 radical (unpaired) electrons. The minimum Gasteiger partial charge on any atom is -0.480 e. The lowest BCUT2D eigenvalue weighted by Gasteiger charge is -2.26. The molecule has 1 saturated carbocycles. The molecule has 0 heterocycles. The van der Waals surface area contributed by atoms with Crippen molar-refractivity contribution >= 4 is 57.7 Å². The van der Waals surface area contributed by atoms with Gasteiger partial charge in [0.2, 0.25) is 0 Å². The molecule has 108 valence electrons. The van der Waals surface area contributed by atoms with Crippen molar-refractivity contribution in [2.45, 2.75) is 25.3 Å². The van der Waals surface area contributed by atoms with Gasteiger partial charge in [-0.15, -0.1) is 0 Å². The number of carboxylic acids is 1. The number of carboxylic acid groups (broad SMARTS) is 1. The minimum absolute atomic E-state index is 0.0312. The fraction of sp³-hybridized carbons (Fsp3) is 0.385. The second kappa shape index (κ2) is 5.69. The van der Waals surface area contributed by atoms with Gasteiger partial charge >= 0.3 is 5.97 Å². The molecular formula is C13H12Cl2INO3. The third-order valence-corrected chi connectivity index (χ3v) is 5.45. The van der Waals surface area contributed by atoms with Crippen LogP contribution in [-0.2, 0) is 4.79 Å². The average molecular weight is 428 g/mol. The Labute approximate surface area is 140 Å². The zero-order chi connectivity index (χ0) is 15.1. The summed E-state index contributed by atoms with van der Waals surface area (Å²) in [4.78, 5) is 23.7. The van der Waals surface area contributed by atoms with Crippen LogP contribution in [0.5, 0.6) is 0 Å². The molecule has 2 rings (SSSR count). The molecule has 1 aromatic carbocycles. The van der Waals surface area contributed by atoms with Gasteiger partial charge in [0.15, 0.2) is 0 Å². The molecule has 0 bridgehead atoms. The Morgan fingerprint density at radius 3 is 2.50 bits per heavy atom. The van der Waals surface area contributed by atoms with Gasteiger partial charge in [0.1, 0.15) is 5.54 Å². The van der Waals surface area contributed by atoms with E-state index < -0.39 is 17.4 Å². The fourth-order valence-electron chi connectivity index (χ4n) is 2.02. The maximum absolute atomic E-state index is 12.3. The Balaban J connectivity index is 2.30. The van der Waals surface area contributed by atoms with Crippen molar-refractivity contribution < 1.29 is 14.7 Å². The van der Waals surface area contributed by atoms with Crippen LogP contribution in [0.3, 0.4) is 0 Å². The van der Waals surface area contributed by atoms with Gasteiger partial charge in [-0.3, -0.25) is 4.79 Å². The molecule has 4 nitrogen and oxygen atoms in total. The molecule has 1 aliphatic rings. The first kappa shape index (κ1) is 15.9. The molecule has 20 heavy (non-hydrogen) atoms. The zero-order valence-electron chi connectivity index (χ0n) is 10.5. The highest BCUT2D eigenvalue weighted by atomic mass is 127. The average Bonchev–Trinajstić information content (AvgIpc) is 3.17. The van der Waals surface area contributed by atoms with Gasteiger partial charge in [0.25, 0.3) is 5.91 Å². The molecule has 0 aliphatic heterocycles. The van der Waals surface area contributed by atoms with Gasteiger partial charge in [-0.05, 0) is 60.4 Å². The van der Waals surface area contributed by atoms with Gasteiger partial charge in [-0.2, -0.15) is 0 Å². The topological polar surface area (TPSA) is 66.4 Å². The van der Waals surface area contributed by atoms with E-state index in [2.05, 4.69) is 5.32 Å². The van der Waals surface area contributed by atoms with E-state index in [0.717, 1.165) is 12.8 Å². The first-order chi connectivity index (χ1) is 9.25. The summed E-state index contributed by atoms with van der Waals surface area (Å²) in [7, 11) is 0. The summed E-state index contributed by atoms with van der Waals surface area (Å²) < 4.78 is 0.551. The van der Waals surface area contributed by atoms with Crippen molar-refractivity contribution in [1.82, 2.24) is 5.32 Å². The van der Waals surface area contributed by atoms with Crippen molar-refractivity contribution in [2.24, 2.45) is 5.92 Å². The van der Waals surface area contributed by atoms with Crippen LogP contribution < -0.4 is 5.32 Å². The number of halogens is 3. The SMILES string of the molecule is CC(NC(=O)c1cc(Cl)cc(Cl)c1I)(C(=O)O)C1CC1. The molecule has 0 spiro atoms. The Bertz CT molecular complexity index is 589. The molecule has 1 unspecified atom stereocenters. The van der Waals surface area contributed by atoms with Gasteiger partial charge in [0, 0.05) is 8.59 Å². The van der Waals surface area contributed by atoms with Crippen molar-refractivity contribution in [3.05, 3.63) is 31.3 Å². The normalized spacial score (nSPS) is 17.4. The van der Waals surface area contributed by atoms with Crippen LogP contribution in [0.2, 0.25) is 10.0 Å².